The molecule has 3 rings (SSSR count). The topological polar surface area (TPSA) is 106 Å². The molecule has 0 aliphatic carbocycles. The first kappa shape index (κ1) is 23.8. The Morgan fingerprint density at radius 2 is 1.88 bits per heavy atom. The number of hydrogen-bond donors (Lipinski definition) is 2. The number of morpholine rings is 1. The molecule has 1 unspecified atom stereocenters. The van der Waals surface area contributed by atoms with Gasteiger partial charge in [-0.3, -0.25) is 9.52 Å². The number of amides is 1. The first-order chi connectivity index (χ1) is 15.4. The van der Waals surface area contributed by atoms with Crippen LogP contribution < -0.4 is 19.7 Å². The molecule has 174 valence electrons. The molecule has 0 aromatic heterocycles. The molecule has 1 aliphatic rings. The molecule has 9 nitrogen and oxygen atoms in total. The highest BCUT2D eigenvalue weighted by Crippen LogP contribution is 2.33. The SMILES string of the molecule is CCC(OC)C(=O)Nc1ccc(N2CCOCC2)c(S(=O)(=O)Nc2ccccc2OC)c1. The van der Waals surface area contributed by atoms with Gasteiger partial charge in [0.25, 0.3) is 15.9 Å². The summed E-state index contributed by atoms with van der Waals surface area (Å²) in [5.41, 5.74) is 1.22. The molecule has 0 bridgehead atoms. The number of anilines is 3. The lowest BCUT2D eigenvalue weighted by atomic mass is 10.2. The minimum Gasteiger partial charge on any atom is -0.495 e. The zero-order valence-corrected chi connectivity index (χ0v) is 19.3. The molecule has 1 saturated heterocycles. The molecule has 10 heteroatoms. The predicted octanol–water partition coefficient (Wildman–Crippen LogP) is 2.70. The third-order valence-electron chi connectivity index (χ3n) is 5.17. The number of methoxy groups -OCH3 is 2. The van der Waals surface area contributed by atoms with Gasteiger partial charge >= 0.3 is 0 Å². The van der Waals surface area contributed by atoms with Crippen LogP contribution in [0.1, 0.15) is 13.3 Å². The fourth-order valence-electron chi connectivity index (χ4n) is 3.48. The summed E-state index contributed by atoms with van der Waals surface area (Å²) in [5.74, 6) is 0.0643. The summed E-state index contributed by atoms with van der Waals surface area (Å²) in [6.07, 6.45) is -0.130. The van der Waals surface area contributed by atoms with Gasteiger partial charge in [0, 0.05) is 25.9 Å². The van der Waals surface area contributed by atoms with E-state index in [-0.39, 0.29) is 10.8 Å². The van der Waals surface area contributed by atoms with Crippen molar-refractivity contribution in [3.05, 3.63) is 42.5 Å². The average Bonchev–Trinajstić information content (AvgIpc) is 2.80. The van der Waals surface area contributed by atoms with Crippen LogP contribution in [0.2, 0.25) is 0 Å². The molecule has 1 heterocycles. The molecule has 0 spiro atoms. The number of carbonyl (C=O) groups is 1. The van der Waals surface area contributed by atoms with E-state index in [1.54, 1.807) is 36.4 Å². The van der Waals surface area contributed by atoms with Crippen LogP contribution in [0, 0.1) is 0 Å². The number of ether oxygens (including phenoxy) is 3. The Hall–Kier alpha value is -2.82. The Kier molecular flexibility index (Phi) is 7.94. The molecular formula is C22H29N3O6S. The minimum absolute atomic E-state index is 0.0496. The number of benzene rings is 2. The second-order valence-electron chi connectivity index (χ2n) is 7.21. The van der Waals surface area contributed by atoms with Crippen LogP contribution >= 0.6 is 0 Å². The van der Waals surface area contributed by atoms with Gasteiger partial charge in [0.2, 0.25) is 0 Å². The van der Waals surface area contributed by atoms with E-state index in [1.807, 2.05) is 11.8 Å². The third kappa shape index (κ3) is 5.50. The van der Waals surface area contributed by atoms with E-state index < -0.39 is 16.1 Å². The average molecular weight is 464 g/mol. The van der Waals surface area contributed by atoms with Gasteiger partial charge in [-0.1, -0.05) is 19.1 Å². The summed E-state index contributed by atoms with van der Waals surface area (Å²) in [4.78, 5) is 14.5. The lowest BCUT2D eigenvalue weighted by molar-refractivity contribution is -0.125. The Morgan fingerprint density at radius 3 is 2.53 bits per heavy atom. The van der Waals surface area contributed by atoms with E-state index in [4.69, 9.17) is 14.2 Å². The number of carbonyl (C=O) groups excluding carboxylic acids is 1. The van der Waals surface area contributed by atoms with Crippen LogP contribution in [0.3, 0.4) is 0 Å². The van der Waals surface area contributed by atoms with Crippen LogP contribution in [-0.4, -0.2) is 61.0 Å². The molecule has 2 N–H and O–H groups in total. The lowest BCUT2D eigenvalue weighted by Gasteiger charge is -2.30. The predicted molar refractivity (Wildman–Crippen MR) is 123 cm³/mol. The van der Waals surface area contributed by atoms with E-state index in [1.165, 1.54) is 20.3 Å². The van der Waals surface area contributed by atoms with Crippen molar-refractivity contribution in [3.63, 3.8) is 0 Å². The summed E-state index contributed by atoms with van der Waals surface area (Å²) in [6, 6.07) is 11.6. The van der Waals surface area contributed by atoms with Crippen molar-refractivity contribution in [1.29, 1.82) is 0 Å². The maximum atomic E-state index is 13.5. The minimum atomic E-state index is -4.01. The highest BCUT2D eigenvalue weighted by molar-refractivity contribution is 7.93. The largest absolute Gasteiger partial charge is 0.495 e. The van der Waals surface area contributed by atoms with Gasteiger partial charge in [-0.15, -0.1) is 0 Å². The molecule has 32 heavy (non-hydrogen) atoms. The molecule has 0 radical (unpaired) electrons. The number of nitrogens with zero attached hydrogens (tertiary/aromatic N) is 1. The summed E-state index contributed by atoms with van der Waals surface area (Å²) < 4.78 is 45.4. The van der Waals surface area contributed by atoms with Crippen LogP contribution in [0.15, 0.2) is 47.4 Å². The Morgan fingerprint density at radius 1 is 1.16 bits per heavy atom. The number of sulfonamides is 1. The summed E-state index contributed by atoms with van der Waals surface area (Å²) >= 11 is 0. The Labute approximate surface area is 188 Å². The number of hydrogen-bond acceptors (Lipinski definition) is 7. The van der Waals surface area contributed by atoms with Gasteiger partial charge in [0.05, 0.1) is 31.7 Å². The summed E-state index contributed by atoms with van der Waals surface area (Å²) in [7, 11) is -1.08. The van der Waals surface area contributed by atoms with Gasteiger partial charge < -0.3 is 24.4 Å². The van der Waals surface area contributed by atoms with Crippen molar-refractivity contribution < 1.29 is 27.4 Å². The highest BCUT2D eigenvalue weighted by atomic mass is 32.2. The standard InChI is InChI=1S/C22H29N3O6S/c1-4-19(29-2)22(26)23-16-9-10-18(25-11-13-31-14-12-25)21(15-16)32(27,28)24-17-7-5-6-8-20(17)30-3/h5-10,15,19,24H,4,11-14H2,1-3H3,(H,23,26). The van der Waals surface area contributed by atoms with E-state index in [0.29, 0.717) is 55.5 Å². The number of para-hydroxylation sites is 2. The monoisotopic (exact) mass is 463 g/mol. The summed E-state index contributed by atoms with van der Waals surface area (Å²) in [6.45, 7) is 3.96. The highest BCUT2D eigenvalue weighted by Gasteiger charge is 2.26. The third-order valence-corrected chi connectivity index (χ3v) is 6.56. The van der Waals surface area contributed by atoms with Crippen LogP contribution in [-0.2, 0) is 24.3 Å². The smallest absolute Gasteiger partial charge is 0.264 e. The number of rotatable bonds is 9. The molecule has 1 amide bonds. The fraction of sp³-hybridized carbons (Fsp3) is 0.409. The maximum absolute atomic E-state index is 13.5. The zero-order valence-electron chi connectivity index (χ0n) is 18.5. The second-order valence-corrected chi connectivity index (χ2v) is 8.86. The summed E-state index contributed by atoms with van der Waals surface area (Å²) in [5, 5.41) is 2.75. The van der Waals surface area contributed by atoms with Gasteiger partial charge in [0.15, 0.2) is 0 Å². The quantitative estimate of drug-likeness (QED) is 0.589. The van der Waals surface area contributed by atoms with Crippen molar-refractivity contribution >= 4 is 33.0 Å². The molecule has 1 aliphatic heterocycles. The van der Waals surface area contributed by atoms with Crippen LogP contribution in [0.5, 0.6) is 5.75 Å². The van der Waals surface area contributed by atoms with Crippen molar-refractivity contribution in [1.82, 2.24) is 0 Å². The van der Waals surface area contributed by atoms with Gasteiger partial charge in [-0.25, -0.2) is 8.42 Å². The van der Waals surface area contributed by atoms with E-state index in [9.17, 15) is 13.2 Å². The molecule has 0 saturated carbocycles. The van der Waals surface area contributed by atoms with Crippen LogP contribution in [0.4, 0.5) is 17.1 Å². The first-order valence-corrected chi connectivity index (χ1v) is 11.8. The van der Waals surface area contributed by atoms with Gasteiger partial charge in [0.1, 0.15) is 16.7 Å². The lowest BCUT2D eigenvalue weighted by Crippen LogP contribution is -2.37. The maximum Gasteiger partial charge on any atom is 0.264 e. The fourth-order valence-corrected chi connectivity index (χ4v) is 4.81. The van der Waals surface area contributed by atoms with Gasteiger partial charge in [-0.2, -0.15) is 0 Å². The van der Waals surface area contributed by atoms with Gasteiger partial charge in [-0.05, 0) is 36.8 Å². The molecule has 1 atom stereocenters. The van der Waals surface area contributed by atoms with E-state index in [0.717, 1.165) is 0 Å². The Balaban J connectivity index is 2.00. The zero-order chi connectivity index (χ0) is 23.1. The van der Waals surface area contributed by atoms with E-state index >= 15 is 0 Å². The van der Waals surface area contributed by atoms with Crippen molar-refractivity contribution in [2.45, 2.75) is 24.3 Å². The van der Waals surface area contributed by atoms with Crippen molar-refractivity contribution in [3.8, 4) is 5.75 Å². The molecular weight excluding hydrogens is 434 g/mol. The molecule has 2 aromatic carbocycles. The normalized spacial score (nSPS) is 15.2. The second kappa shape index (κ2) is 10.7. The van der Waals surface area contributed by atoms with Crippen LogP contribution in [0.25, 0.3) is 0 Å². The van der Waals surface area contributed by atoms with Crippen molar-refractivity contribution in [2.75, 3.05) is 55.5 Å². The first-order valence-electron chi connectivity index (χ1n) is 10.4. The van der Waals surface area contributed by atoms with E-state index in [2.05, 4.69) is 10.0 Å². The Bertz CT molecular complexity index is 1030. The molecule has 2 aromatic rings. The molecule has 1 fully saturated rings. The number of nitrogens with one attached hydrogen (secondary N) is 2. The van der Waals surface area contributed by atoms with Crippen molar-refractivity contribution in [2.24, 2.45) is 0 Å².